The standard InChI is InChI=1S/C6H3F9N2O/c7-4(8,9)2(5(10,11)12)1(17-16)3(18)6(13,14)15/h2H,16H2. The Morgan fingerprint density at radius 3 is 1.39 bits per heavy atom. The first kappa shape index (κ1) is 16.5. The molecule has 0 unspecified atom stereocenters. The van der Waals surface area contributed by atoms with Crippen molar-refractivity contribution in [2.75, 3.05) is 0 Å². The molecular formula is C6H3F9N2O. The van der Waals surface area contributed by atoms with E-state index in [1.807, 2.05) is 0 Å². The van der Waals surface area contributed by atoms with Crippen molar-refractivity contribution in [3.05, 3.63) is 0 Å². The number of nitrogens with two attached hydrogens (primary N) is 1. The first-order chi connectivity index (χ1) is 7.73. The van der Waals surface area contributed by atoms with E-state index in [2.05, 4.69) is 5.84 Å². The SMILES string of the molecule is NN=C(C(=O)C(F)(F)F)C(C(F)(F)F)C(F)(F)F. The minimum atomic E-state index is -6.18. The number of rotatable bonds is 2. The highest BCUT2D eigenvalue weighted by molar-refractivity contribution is 6.42. The topological polar surface area (TPSA) is 55.4 Å². The predicted octanol–water partition coefficient (Wildman–Crippen LogP) is 2.17. The number of hydrogen-bond acceptors (Lipinski definition) is 3. The van der Waals surface area contributed by atoms with Crippen molar-refractivity contribution in [3.63, 3.8) is 0 Å². The molecule has 0 saturated carbocycles. The molecule has 0 aromatic carbocycles. The van der Waals surface area contributed by atoms with Crippen molar-refractivity contribution in [1.82, 2.24) is 0 Å². The lowest BCUT2D eigenvalue weighted by Gasteiger charge is -2.23. The maximum atomic E-state index is 12.0. The lowest BCUT2D eigenvalue weighted by atomic mass is 9.98. The maximum Gasteiger partial charge on any atom is 0.456 e. The summed E-state index contributed by atoms with van der Waals surface area (Å²) in [4.78, 5) is 10.4. The minimum absolute atomic E-state index is 1.69. The average Bonchev–Trinajstić information content (AvgIpc) is 2.06. The van der Waals surface area contributed by atoms with E-state index in [4.69, 9.17) is 0 Å². The van der Waals surface area contributed by atoms with E-state index in [0.717, 1.165) is 0 Å². The fraction of sp³-hybridized carbons (Fsp3) is 0.667. The zero-order chi connectivity index (χ0) is 14.9. The number of carbonyl (C=O) groups excluding carboxylic acids is 1. The van der Waals surface area contributed by atoms with E-state index >= 15 is 0 Å². The summed E-state index contributed by atoms with van der Waals surface area (Å²) < 4.78 is 108. The summed E-state index contributed by atoms with van der Waals surface area (Å²) in [6.45, 7) is 0. The summed E-state index contributed by atoms with van der Waals surface area (Å²) in [7, 11) is 0. The van der Waals surface area contributed by atoms with Gasteiger partial charge in [0, 0.05) is 0 Å². The Morgan fingerprint density at radius 1 is 0.889 bits per heavy atom. The van der Waals surface area contributed by atoms with Gasteiger partial charge in [-0.15, -0.1) is 0 Å². The van der Waals surface area contributed by atoms with Gasteiger partial charge in [-0.3, -0.25) is 4.79 Å². The molecule has 0 aliphatic carbocycles. The van der Waals surface area contributed by atoms with Crippen LogP contribution in [0.4, 0.5) is 39.5 Å². The monoisotopic (exact) mass is 290 g/mol. The third-order valence-corrected chi connectivity index (χ3v) is 1.56. The van der Waals surface area contributed by atoms with Gasteiger partial charge in [-0.2, -0.15) is 44.6 Å². The molecule has 0 atom stereocenters. The van der Waals surface area contributed by atoms with Gasteiger partial charge in [0.1, 0.15) is 5.71 Å². The molecule has 18 heavy (non-hydrogen) atoms. The molecule has 0 radical (unpaired) electrons. The van der Waals surface area contributed by atoms with E-state index in [9.17, 15) is 44.3 Å². The third kappa shape index (κ3) is 3.77. The van der Waals surface area contributed by atoms with Crippen LogP contribution in [-0.4, -0.2) is 30.0 Å². The van der Waals surface area contributed by atoms with Gasteiger partial charge in [0.05, 0.1) is 0 Å². The highest BCUT2D eigenvalue weighted by Crippen LogP contribution is 2.41. The lowest BCUT2D eigenvalue weighted by molar-refractivity contribution is -0.261. The number of hydrogen-bond donors (Lipinski definition) is 1. The van der Waals surface area contributed by atoms with Crippen LogP contribution in [0.1, 0.15) is 0 Å². The molecule has 0 aromatic rings. The first-order valence-corrected chi connectivity index (χ1v) is 3.75. The van der Waals surface area contributed by atoms with Gasteiger partial charge in [-0.25, -0.2) is 0 Å². The second kappa shape index (κ2) is 4.65. The van der Waals surface area contributed by atoms with Crippen LogP contribution in [0, 0.1) is 5.92 Å². The summed E-state index contributed by atoms with van der Waals surface area (Å²) in [5.41, 5.74) is -2.86. The molecule has 2 N–H and O–H groups in total. The van der Waals surface area contributed by atoms with E-state index < -0.39 is 35.9 Å². The summed E-state index contributed by atoms with van der Waals surface area (Å²) in [5, 5.41) is 1.69. The van der Waals surface area contributed by atoms with Crippen molar-refractivity contribution in [1.29, 1.82) is 0 Å². The highest BCUT2D eigenvalue weighted by Gasteiger charge is 2.63. The normalized spacial score (nSPS) is 15.1. The lowest BCUT2D eigenvalue weighted by Crippen LogP contribution is -2.49. The van der Waals surface area contributed by atoms with Crippen molar-refractivity contribution >= 4 is 11.5 Å². The molecule has 12 heteroatoms. The van der Waals surface area contributed by atoms with E-state index in [1.54, 1.807) is 5.10 Å². The minimum Gasteiger partial charge on any atom is -0.323 e. The first-order valence-electron chi connectivity index (χ1n) is 3.75. The second-order valence-electron chi connectivity index (χ2n) is 2.86. The number of halogens is 9. The van der Waals surface area contributed by atoms with Gasteiger partial charge in [0.15, 0.2) is 5.92 Å². The van der Waals surface area contributed by atoms with Gasteiger partial charge in [0.25, 0.3) is 5.78 Å². The van der Waals surface area contributed by atoms with Crippen LogP contribution in [0.2, 0.25) is 0 Å². The third-order valence-electron chi connectivity index (χ3n) is 1.56. The van der Waals surface area contributed by atoms with Gasteiger partial charge in [-0.05, 0) is 0 Å². The number of nitrogens with zero attached hydrogens (tertiary/aromatic N) is 1. The Kier molecular flexibility index (Phi) is 4.26. The average molecular weight is 290 g/mol. The van der Waals surface area contributed by atoms with E-state index in [1.165, 1.54) is 0 Å². The molecule has 0 aliphatic rings. The molecule has 0 fully saturated rings. The molecule has 0 aromatic heterocycles. The summed E-state index contributed by atoms with van der Waals surface area (Å²) >= 11 is 0. The van der Waals surface area contributed by atoms with Gasteiger partial charge >= 0.3 is 18.5 Å². The van der Waals surface area contributed by atoms with Gasteiger partial charge < -0.3 is 5.84 Å². The van der Waals surface area contributed by atoms with Crippen LogP contribution in [-0.2, 0) is 4.79 Å². The molecule has 0 spiro atoms. The van der Waals surface area contributed by atoms with Gasteiger partial charge in [0.2, 0.25) is 0 Å². The second-order valence-corrected chi connectivity index (χ2v) is 2.86. The van der Waals surface area contributed by atoms with Crippen LogP contribution in [0.15, 0.2) is 5.10 Å². The Morgan fingerprint density at radius 2 is 1.22 bits per heavy atom. The molecule has 0 amide bonds. The molecule has 3 nitrogen and oxygen atoms in total. The quantitative estimate of drug-likeness (QED) is 0.367. The number of hydrazone groups is 1. The van der Waals surface area contributed by atoms with Crippen LogP contribution in [0.5, 0.6) is 0 Å². The van der Waals surface area contributed by atoms with Crippen molar-refractivity contribution in [2.24, 2.45) is 16.9 Å². The molecular weight excluding hydrogens is 287 g/mol. The van der Waals surface area contributed by atoms with E-state index in [-0.39, 0.29) is 0 Å². The molecule has 0 bridgehead atoms. The van der Waals surface area contributed by atoms with E-state index in [0.29, 0.717) is 0 Å². The smallest absolute Gasteiger partial charge is 0.323 e. The fourth-order valence-corrected chi connectivity index (χ4v) is 0.905. The zero-order valence-corrected chi connectivity index (χ0v) is 7.91. The largest absolute Gasteiger partial charge is 0.456 e. The molecule has 0 heterocycles. The van der Waals surface area contributed by atoms with Crippen LogP contribution >= 0.6 is 0 Å². The fourth-order valence-electron chi connectivity index (χ4n) is 0.905. The summed E-state index contributed by atoms with van der Waals surface area (Å²) in [6.07, 6.45) is -18.3. The number of Topliss-reactive ketones (excluding diaryl/α,β-unsaturated/α-hetero) is 1. The molecule has 106 valence electrons. The molecule has 0 saturated heterocycles. The Balaban J connectivity index is 5.71. The predicted molar refractivity (Wildman–Crippen MR) is 38.3 cm³/mol. The Labute approximate surface area is 92.4 Å². The number of ketones is 1. The van der Waals surface area contributed by atoms with Crippen molar-refractivity contribution < 1.29 is 44.3 Å². The zero-order valence-electron chi connectivity index (χ0n) is 7.91. The number of carbonyl (C=O) groups is 1. The van der Waals surface area contributed by atoms with Gasteiger partial charge in [-0.1, -0.05) is 0 Å². The van der Waals surface area contributed by atoms with Crippen LogP contribution < -0.4 is 5.84 Å². The summed E-state index contributed by atoms with van der Waals surface area (Å²) in [5.74, 6) is -4.06. The molecule has 0 rings (SSSR count). The van der Waals surface area contributed by atoms with Crippen molar-refractivity contribution in [3.8, 4) is 0 Å². The van der Waals surface area contributed by atoms with Crippen LogP contribution in [0.3, 0.4) is 0 Å². The molecule has 0 aliphatic heterocycles. The Hall–Kier alpha value is -1.49. The summed E-state index contributed by atoms with van der Waals surface area (Å²) in [6, 6.07) is 0. The maximum absolute atomic E-state index is 12.0. The van der Waals surface area contributed by atoms with Crippen molar-refractivity contribution in [2.45, 2.75) is 18.5 Å². The number of alkyl halides is 9. The van der Waals surface area contributed by atoms with Crippen LogP contribution in [0.25, 0.3) is 0 Å². The Bertz CT molecular complexity index is 336. The highest BCUT2D eigenvalue weighted by atomic mass is 19.4.